The number of benzene rings is 1. The maximum Gasteiger partial charge on any atom is 0.255 e. The molecule has 1 fully saturated rings. The molecule has 0 atom stereocenters. The minimum Gasteiger partial charge on any atom is -0.383 e. The lowest BCUT2D eigenvalue weighted by Gasteiger charge is -2.16. The van der Waals surface area contributed by atoms with Gasteiger partial charge >= 0.3 is 0 Å². The number of nitrogens with zero attached hydrogens (tertiary/aromatic N) is 6. The average Bonchev–Trinajstić information content (AvgIpc) is 3.69. The number of amides is 1. The number of hydrogen-bond acceptors (Lipinski definition) is 8. The Labute approximate surface area is 225 Å². The monoisotopic (exact) mass is 522 g/mol. The molecular weight excluding hydrogens is 492 g/mol. The van der Waals surface area contributed by atoms with Gasteiger partial charge in [0.25, 0.3) is 5.91 Å². The number of hydrogen-bond donors (Lipinski definition) is 2. The third-order valence-electron chi connectivity index (χ3n) is 7.17. The third-order valence-corrected chi connectivity index (χ3v) is 7.17. The van der Waals surface area contributed by atoms with Crippen LogP contribution in [0.1, 0.15) is 45.8 Å². The molecule has 4 aromatic heterocycles. The Balaban J connectivity index is 1.25. The molecule has 1 amide bonds. The van der Waals surface area contributed by atoms with E-state index in [1.54, 1.807) is 17.1 Å². The van der Waals surface area contributed by atoms with Crippen LogP contribution < -0.4 is 16.0 Å². The molecule has 5 aromatic rings. The molecular formula is C29H30N8O2. The second kappa shape index (κ2) is 10.2. The van der Waals surface area contributed by atoms with E-state index >= 15 is 0 Å². The van der Waals surface area contributed by atoms with Gasteiger partial charge in [-0.25, -0.2) is 9.97 Å². The number of anilines is 2. The molecule has 0 bridgehead atoms. The minimum absolute atomic E-state index is 0.229. The summed E-state index contributed by atoms with van der Waals surface area (Å²) in [5.74, 6) is 1.87. The zero-order valence-corrected chi connectivity index (χ0v) is 22.0. The second-order valence-electron chi connectivity index (χ2n) is 9.94. The van der Waals surface area contributed by atoms with Crippen LogP contribution in [-0.4, -0.2) is 43.9 Å². The highest BCUT2D eigenvalue weighted by Crippen LogP contribution is 2.29. The molecule has 0 unspecified atom stereocenters. The van der Waals surface area contributed by atoms with E-state index in [9.17, 15) is 4.79 Å². The molecule has 1 saturated heterocycles. The van der Waals surface area contributed by atoms with E-state index in [0.717, 1.165) is 46.4 Å². The lowest BCUT2D eigenvalue weighted by Crippen LogP contribution is -2.23. The van der Waals surface area contributed by atoms with Gasteiger partial charge in [0.1, 0.15) is 23.1 Å². The minimum atomic E-state index is -0.229. The Morgan fingerprint density at radius 1 is 1.08 bits per heavy atom. The zero-order valence-electron chi connectivity index (χ0n) is 22.0. The maximum atomic E-state index is 13.5. The number of nitrogens with two attached hydrogens (primary N) is 1. The SMILES string of the molecule is Cc1noc(C)c1-c1nn(Cc2ccc(N3CCCC3)nc2)cc1C(=O)NCc1ccc2c(N)nccc2c1. The van der Waals surface area contributed by atoms with Crippen LogP contribution in [0.5, 0.6) is 0 Å². The first kappa shape index (κ1) is 24.6. The van der Waals surface area contributed by atoms with E-state index in [1.807, 2.05) is 44.3 Å². The molecule has 5 heterocycles. The lowest BCUT2D eigenvalue weighted by molar-refractivity contribution is 0.0951. The highest BCUT2D eigenvalue weighted by Gasteiger charge is 2.24. The predicted molar refractivity (Wildman–Crippen MR) is 149 cm³/mol. The summed E-state index contributed by atoms with van der Waals surface area (Å²) in [6.07, 6.45) is 7.75. The van der Waals surface area contributed by atoms with Crippen molar-refractivity contribution in [2.45, 2.75) is 39.8 Å². The highest BCUT2D eigenvalue weighted by atomic mass is 16.5. The second-order valence-corrected chi connectivity index (χ2v) is 9.94. The van der Waals surface area contributed by atoms with Crippen LogP contribution in [0.4, 0.5) is 11.6 Å². The van der Waals surface area contributed by atoms with E-state index < -0.39 is 0 Å². The summed E-state index contributed by atoms with van der Waals surface area (Å²) in [7, 11) is 0. The fraction of sp³-hybridized carbons (Fsp3) is 0.276. The van der Waals surface area contributed by atoms with Crippen molar-refractivity contribution in [3.8, 4) is 11.3 Å². The van der Waals surface area contributed by atoms with Crippen molar-refractivity contribution in [3.05, 3.63) is 83.1 Å². The smallest absolute Gasteiger partial charge is 0.255 e. The molecule has 198 valence electrons. The number of fused-ring (bicyclic) bond motifs is 1. The number of aromatic nitrogens is 5. The van der Waals surface area contributed by atoms with Crippen molar-refractivity contribution in [2.24, 2.45) is 0 Å². The topological polar surface area (TPSA) is 128 Å². The van der Waals surface area contributed by atoms with Crippen LogP contribution in [0.3, 0.4) is 0 Å². The first-order valence-corrected chi connectivity index (χ1v) is 13.1. The highest BCUT2D eigenvalue weighted by molar-refractivity contribution is 6.00. The number of pyridine rings is 2. The van der Waals surface area contributed by atoms with Gasteiger partial charge in [-0.2, -0.15) is 5.10 Å². The van der Waals surface area contributed by atoms with Gasteiger partial charge in [-0.05, 0) is 61.4 Å². The van der Waals surface area contributed by atoms with Crippen LogP contribution in [0.15, 0.2) is 59.5 Å². The Hall–Kier alpha value is -4.73. The summed E-state index contributed by atoms with van der Waals surface area (Å²) in [5.41, 5.74) is 10.4. The van der Waals surface area contributed by atoms with Crippen molar-refractivity contribution in [1.29, 1.82) is 0 Å². The summed E-state index contributed by atoms with van der Waals surface area (Å²) in [5, 5.41) is 13.8. The quantitative estimate of drug-likeness (QED) is 0.325. The molecule has 10 nitrogen and oxygen atoms in total. The molecule has 1 aliphatic rings. The van der Waals surface area contributed by atoms with Crippen molar-refractivity contribution < 1.29 is 9.32 Å². The number of carbonyl (C=O) groups is 1. The van der Waals surface area contributed by atoms with Crippen molar-refractivity contribution in [3.63, 3.8) is 0 Å². The van der Waals surface area contributed by atoms with Crippen LogP contribution in [-0.2, 0) is 13.1 Å². The molecule has 0 spiro atoms. The number of carbonyl (C=O) groups excluding carboxylic acids is 1. The van der Waals surface area contributed by atoms with Gasteiger partial charge in [-0.3, -0.25) is 9.48 Å². The number of rotatable bonds is 7. The number of nitrogens with one attached hydrogen (secondary N) is 1. The Morgan fingerprint density at radius 3 is 2.64 bits per heavy atom. The first-order chi connectivity index (χ1) is 19.0. The van der Waals surface area contributed by atoms with Crippen LogP contribution in [0.25, 0.3) is 22.0 Å². The fourth-order valence-electron chi connectivity index (χ4n) is 5.14. The zero-order chi connectivity index (χ0) is 26.9. The predicted octanol–water partition coefficient (Wildman–Crippen LogP) is 4.26. The summed E-state index contributed by atoms with van der Waals surface area (Å²) in [4.78, 5) is 24.6. The standard InChI is InChI=1S/C29H30N8O2/c1-18-26(19(2)39-35-18)27-24(29(38)33-14-20-5-7-23-22(13-20)9-10-31-28(23)30)17-37(34-27)16-21-6-8-25(32-15-21)36-11-3-4-12-36/h5-10,13,15,17H,3-4,11-12,14,16H2,1-2H3,(H2,30,31)(H,33,38). The van der Waals surface area contributed by atoms with Gasteiger partial charge in [-0.15, -0.1) is 0 Å². The summed E-state index contributed by atoms with van der Waals surface area (Å²) < 4.78 is 7.17. The van der Waals surface area contributed by atoms with Crippen molar-refractivity contribution in [1.82, 2.24) is 30.2 Å². The van der Waals surface area contributed by atoms with Gasteiger partial charge in [0.2, 0.25) is 0 Å². The van der Waals surface area contributed by atoms with E-state index in [0.29, 0.717) is 41.6 Å². The van der Waals surface area contributed by atoms with Crippen LogP contribution in [0, 0.1) is 13.8 Å². The Kier molecular flexibility index (Phi) is 6.44. The summed E-state index contributed by atoms with van der Waals surface area (Å²) >= 11 is 0. The van der Waals surface area contributed by atoms with Gasteiger partial charge in [-0.1, -0.05) is 23.4 Å². The summed E-state index contributed by atoms with van der Waals surface area (Å²) in [6, 6.07) is 11.9. The van der Waals surface area contributed by atoms with Gasteiger partial charge < -0.3 is 20.5 Å². The molecule has 39 heavy (non-hydrogen) atoms. The van der Waals surface area contributed by atoms with Gasteiger partial charge in [0.05, 0.1) is 23.4 Å². The normalized spacial score (nSPS) is 13.3. The van der Waals surface area contributed by atoms with E-state index in [-0.39, 0.29) is 5.91 Å². The molecule has 0 radical (unpaired) electrons. The Morgan fingerprint density at radius 2 is 1.90 bits per heavy atom. The Bertz CT molecular complexity index is 1630. The molecule has 0 aliphatic carbocycles. The van der Waals surface area contributed by atoms with Crippen LogP contribution in [0.2, 0.25) is 0 Å². The molecule has 6 rings (SSSR count). The maximum absolute atomic E-state index is 13.5. The van der Waals surface area contributed by atoms with Crippen molar-refractivity contribution >= 4 is 28.3 Å². The van der Waals surface area contributed by atoms with Crippen molar-refractivity contribution in [2.75, 3.05) is 23.7 Å². The molecule has 0 saturated carbocycles. The molecule has 1 aliphatic heterocycles. The molecule has 3 N–H and O–H groups in total. The fourth-order valence-corrected chi connectivity index (χ4v) is 5.14. The lowest BCUT2D eigenvalue weighted by atomic mass is 10.1. The number of nitrogen functional groups attached to an aromatic ring is 1. The summed E-state index contributed by atoms with van der Waals surface area (Å²) in [6.45, 7) is 6.61. The van der Waals surface area contributed by atoms with Gasteiger partial charge in [0, 0.05) is 43.6 Å². The first-order valence-electron chi connectivity index (χ1n) is 13.1. The van der Waals surface area contributed by atoms with Gasteiger partial charge in [0.15, 0.2) is 0 Å². The molecule has 1 aromatic carbocycles. The van der Waals surface area contributed by atoms with E-state index in [2.05, 4.69) is 37.5 Å². The molecule has 10 heteroatoms. The van der Waals surface area contributed by atoms with E-state index in [4.69, 9.17) is 15.4 Å². The largest absolute Gasteiger partial charge is 0.383 e. The average molecular weight is 523 g/mol. The number of aryl methyl sites for hydroxylation is 2. The third kappa shape index (κ3) is 4.93. The van der Waals surface area contributed by atoms with E-state index in [1.165, 1.54) is 12.8 Å². The van der Waals surface area contributed by atoms with Crippen LogP contribution >= 0.6 is 0 Å².